The Balaban J connectivity index is 2.30. The molecule has 20 heavy (non-hydrogen) atoms. The lowest BCUT2D eigenvalue weighted by molar-refractivity contribution is -0.136. The average molecular weight is 299 g/mol. The minimum atomic E-state index is -3.60. The number of aryl methyl sites for hydroxylation is 1. The van der Waals surface area contributed by atoms with Crippen LogP contribution in [-0.4, -0.2) is 38.9 Å². The highest BCUT2D eigenvalue weighted by atomic mass is 32.2. The van der Waals surface area contributed by atoms with Crippen molar-refractivity contribution >= 4 is 21.7 Å². The van der Waals surface area contributed by atoms with Gasteiger partial charge >= 0.3 is 5.97 Å². The number of ether oxygens (including phenoxy) is 1. The largest absolute Gasteiger partial charge is 0.497 e. The number of hydrogen-bond acceptors (Lipinski definition) is 4. The number of aliphatic carboxylic acids is 1. The van der Waals surface area contributed by atoms with Gasteiger partial charge in [-0.25, -0.2) is 8.42 Å². The number of rotatable bonds is 5. The van der Waals surface area contributed by atoms with Crippen molar-refractivity contribution in [3.05, 3.63) is 23.8 Å². The van der Waals surface area contributed by atoms with Crippen LogP contribution in [0.1, 0.15) is 18.4 Å². The summed E-state index contributed by atoms with van der Waals surface area (Å²) >= 11 is 0. The van der Waals surface area contributed by atoms with Crippen molar-refractivity contribution < 1.29 is 23.1 Å². The van der Waals surface area contributed by atoms with Crippen LogP contribution in [0.5, 0.6) is 5.75 Å². The molecule has 0 spiro atoms. The molecular weight excluding hydrogens is 282 g/mol. The zero-order chi connectivity index (χ0) is 14.8. The first kappa shape index (κ1) is 14.6. The zero-order valence-electron chi connectivity index (χ0n) is 11.2. The van der Waals surface area contributed by atoms with Crippen LogP contribution in [0.15, 0.2) is 18.2 Å². The Hall–Kier alpha value is -1.76. The summed E-state index contributed by atoms with van der Waals surface area (Å²) in [6, 6.07) is 5.25. The van der Waals surface area contributed by atoms with Crippen LogP contribution in [0, 0.1) is 0 Å². The fraction of sp³-hybridized carbons (Fsp3) is 0.462. The predicted molar refractivity (Wildman–Crippen MR) is 74.7 cm³/mol. The molecule has 0 aliphatic carbocycles. The molecule has 1 aromatic rings. The van der Waals surface area contributed by atoms with Crippen molar-refractivity contribution in [3.63, 3.8) is 0 Å². The van der Waals surface area contributed by atoms with E-state index in [4.69, 9.17) is 9.84 Å². The summed E-state index contributed by atoms with van der Waals surface area (Å²) in [5.74, 6) is -0.803. The lowest BCUT2D eigenvalue weighted by atomic mass is 10.0. The third kappa shape index (κ3) is 3.04. The van der Waals surface area contributed by atoms with E-state index >= 15 is 0 Å². The number of methoxy groups -OCH3 is 1. The summed E-state index contributed by atoms with van der Waals surface area (Å²) in [6.45, 7) is 0.390. The molecule has 0 radical (unpaired) electrons. The van der Waals surface area contributed by atoms with Crippen LogP contribution < -0.4 is 9.04 Å². The van der Waals surface area contributed by atoms with E-state index < -0.39 is 16.0 Å². The number of carboxylic acid groups (broad SMARTS) is 1. The Kier molecular flexibility index (Phi) is 4.17. The van der Waals surface area contributed by atoms with E-state index in [0.29, 0.717) is 24.4 Å². The molecule has 1 N–H and O–H groups in total. The second-order valence-electron chi connectivity index (χ2n) is 4.63. The Morgan fingerprint density at radius 1 is 1.45 bits per heavy atom. The number of anilines is 1. The number of carbonyl (C=O) groups is 1. The summed E-state index contributed by atoms with van der Waals surface area (Å²) in [5, 5.41) is 8.64. The normalized spacial score (nSPS) is 14.8. The molecule has 110 valence electrons. The first-order chi connectivity index (χ1) is 9.44. The monoisotopic (exact) mass is 299 g/mol. The highest BCUT2D eigenvalue weighted by Crippen LogP contribution is 2.32. The molecule has 6 nitrogen and oxygen atoms in total. The fourth-order valence-corrected chi connectivity index (χ4v) is 3.82. The van der Waals surface area contributed by atoms with E-state index in [-0.39, 0.29) is 12.2 Å². The van der Waals surface area contributed by atoms with E-state index in [1.54, 1.807) is 19.2 Å². The maximum atomic E-state index is 12.2. The van der Waals surface area contributed by atoms with Gasteiger partial charge in [-0.2, -0.15) is 0 Å². The molecule has 0 amide bonds. The summed E-state index contributed by atoms with van der Waals surface area (Å²) in [6.07, 6.45) is 1.12. The van der Waals surface area contributed by atoms with Crippen LogP contribution in [0.25, 0.3) is 0 Å². The summed E-state index contributed by atoms with van der Waals surface area (Å²) in [5.41, 5.74) is 1.54. The summed E-state index contributed by atoms with van der Waals surface area (Å²) in [7, 11) is -2.04. The Morgan fingerprint density at radius 2 is 2.20 bits per heavy atom. The highest BCUT2D eigenvalue weighted by molar-refractivity contribution is 7.92. The van der Waals surface area contributed by atoms with E-state index in [1.165, 1.54) is 4.31 Å². The van der Waals surface area contributed by atoms with Gasteiger partial charge in [-0.1, -0.05) is 0 Å². The van der Waals surface area contributed by atoms with Gasteiger partial charge in [0.2, 0.25) is 10.0 Å². The van der Waals surface area contributed by atoms with Gasteiger partial charge in [0.1, 0.15) is 5.75 Å². The van der Waals surface area contributed by atoms with Crippen molar-refractivity contribution in [2.45, 2.75) is 19.3 Å². The molecule has 0 saturated heterocycles. The lowest BCUT2D eigenvalue weighted by Gasteiger charge is -2.30. The Morgan fingerprint density at radius 3 is 2.85 bits per heavy atom. The molecule has 1 aliphatic heterocycles. The van der Waals surface area contributed by atoms with Gasteiger partial charge in [0, 0.05) is 6.54 Å². The van der Waals surface area contributed by atoms with Crippen LogP contribution in [0.4, 0.5) is 5.69 Å². The van der Waals surface area contributed by atoms with Gasteiger partial charge in [-0.15, -0.1) is 0 Å². The van der Waals surface area contributed by atoms with Gasteiger partial charge in [0.15, 0.2) is 0 Å². The molecule has 1 aliphatic rings. The Labute approximate surface area is 118 Å². The molecule has 0 saturated carbocycles. The number of nitrogens with zero attached hydrogens (tertiary/aromatic N) is 1. The quantitative estimate of drug-likeness (QED) is 0.884. The van der Waals surface area contributed by atoms with Crippen molar-refractivity contribution in [3.8, 4) is 5.75 Å². The number of carboxylic acids is 1. The lowest BCUT2D eigenvalue weighted by Crippen LogP contribution is -2.37. The van der Waals surface area contributed by atoms with Crippen molar-refractivity contribution in [1.29, 1.82) is 0 Å². The first-order valence-corrected chi connectivity index (χ1v) is 7.94. The number of fused-ring (bicyclic) bond motifs is 1. The summed E-state index contributed by atoms with van der Waals surface area (Å²) in [4.78, 5) is 10.6. The van der Waals surface area contributed by atoms with Gasteiger partial charge in [-0.05, 0) is 36.6 Å². The van der Waals surface area contributed by atoms with Crippen molar-refractivity contribution in [1.82, 2.24) is 0 Å². The molecular formula is C13H17NO5S. The third-order valence-corrected chi connectivity index (χ3v) is 5.04. The van der Waals surface area contributed by atoms with E-state index in [2.05, 4.69) is 0 Å². The molecule has 0 atom stereocenters. The molecule has 1 aromatic carbocycles. The van der Waals surface area contributed by atoms with Gasteiger partial charge in [0.05, 0.1) is 25.0 Å². The summed E-state index contributed by atoms with van der Waals surface area (Å²) < 4.78 is 30.9. The molecule has 0 bridgehead atoms. The van der Waals surface area contributed by atoms with E-state index in [0.717, 1.165) is 12.0 Å². The van der Waals surface area contributed by atoms with E-state index in [1.807, 2.05) is 6.07 Å². The standard InChI is InChI=1S/C13H17NO5S/c1-19-11-4-5-12-10(9-11)3-2-7-14(12)20(17,18)8-6-13(15)16/h4-5,9H,2-3,6-8H2,1H3,(H,15,16). The minimum absolute atomic E-state index is 0.381. The maximum absolute atomic E-state index is 12.2. The highest BCUT2D eigenvalue weighted by Gasteiger charge is 2.28. The number of hydrogen-bond donors (Lipinski definition) is 1. The molecule has 2 rings (SSSR count). The second-order valence-corrected chi connectivity index (χ2v) is 6.64. The number of benzene rings is 1. The molecule has 7 heteroatoms. The van der Waals surface area contributed by atoms with Crippen molar-refractivity contribution in [2.75, 3.05) is 23.7 Å². The van der Waals surface area contributed by atoms with Crippen LogP contribution in [0.2, 0.25) is 0 Å². The maximum Gasteiger partial charge on any atom is 0.304 e. The van der Waals surface area contributed by atoms with Gasteiger partial charge in [0.25, 0.3) is 0 Å². The smallest absolute Gasteiger partial charge is 0.304 e. The zero-order valence-corrected chi connectivity index (χ0v) is 12.0. The third-order valence-electron chi connectivity index (χ3n) is 3.27. The minimum Gasteiger partial charge on any atom is -0.497 e. The SMILES string of the molecule is COc1ccc2c(c1)CCCN2S(=O)(=O)CCC(=O)O. The predicted octanol–water partition coefficient (Wildman–Crippen LogP) is 1.25. The average Bonchev–Trinajstić information content (AvgIpc) is 2.44. The second kappa shape index (κ2) is 5.70. The molecule has 0 fully saturated rings. The van der Waals surface area contributed by atoms with Crippen LogP contribution >= 0.6 is 0 Å². The van der Waals surface area contributed by atoms with Gasteiger partial charge in [-0.3, -0.25) is 9.10 Å². The molecule has 1 heterocycles. The van der Waals surface area contributed by atoms with E-state index in [9.17, 15) is 13.2 Å². The van der Waals surface area contributed by atoms with Crippen LogP contribution in [-0.2, 0) is 21.2 Å². The first-order valence-electron chi connectivity index (χ1n) is 6.33. The topological polar surface area (TPSA) is 83.9 Å². The van der Waals surface area contributed by atoms with Crippen molar-refractivity contribution in [2.24, 2.45) is 0 Å². The Bertz CT molecular complexity index is 611. The van der Waals surface area contributed by atoms with Crippen LogP contribution in [0.3, 0.4) is 0 Å². The molecule has 0 aromatic heterocycles. The fourth-order valence-electron chi connectivity index (χ4n) is 2.28. The number of sulfonamides is 1. The van der Waals surface area contributed by atoms with Gasteiger partial charge < -0.3 is 9.84 Å². The molecule has 0 unspecified atom stereocenters.